The van der Waals surface area contributed by atoms with Crippen molar-refractivity contribution in [3.05, 3.63) is 17.2 Å². The second kappa shape index (κ2) is 4.10. The van der Waals surface area contributed by atoms with Gasteiger partial charge in [0.1, 0.15) is 0 Å². The zero-order chi connectivity index (χ0) is 8.10. The molecule has 0 atom stereocenters. The summed E-state index contributed by atoms with van der Waals surface area (Å²) in [6, 6.07) is 0. The molecule has 0 amide bonds. The number of rotatable bonds is 3. The van der Waals surface area contributed by atoms with E-state index in [1.807, 2.05) is 0 Å². The molecule has 0 bridgehead atoms. The third kappa shape index (κ3) is 2.32. The van der Waals surface area contributed by atoms with Gasteiger partial charge in [-0.05, 0) is 6.08 Å². The molecule has 0 saturated heterocycles. The summed E-state index contributed by atoms with van der Waals surface area (Å²) >= 11 is 1.44. The first-order valence-corrected chi connectivity index (χ1v) is 3.95. The predicted molar refractivity (Wildman–Crippen MR) is 44.8 cm³/mol. The van der Waals surface area contributed by atoms with E-state index >= 15 is 0 Å². The third-order valence-corrected chi connectivity index (χ3v) is 1.99. The van der Waals surface area contributed by atoms with Crippen molar-refractivity contribution in [1.82, 2.24) is 4.98 Å². The van der Waals surface area contributed by atoms with Crippen molar-refractivity contribution >= 4 is 17.4 Å². The van der Waals surface area contributed by atoms with Crippen molar-refractivity contribution in [3.63, 3.8) is 0 Å². The van der Waals surface area contributed by atoms with Crippen LogP contribution in [-0.2, 0) is 0 Å². The Hall–Kier alpha value is -0.870. The number of nitrogens with zero attached hydrogens (tertiary/aromatic N) is 1. The Morgan fingerprint density at radius 3 is 3.18 bits per heavy atom. The molecule has 1 aromatic rings. The van der Waals surface area contributed by atoms with E-state index in [0.29, 0.717) is 5.19 Å². The fourth-order valence-corrected chi connectivity index (χ4v) is 1.27. The van der Waals surface area contributed by atoms with Gasteiger partial charge in [0.15, 0.2) is 0 Å². The Labute approximate surface area is 69.0 Å². The highest BCUT2D eigenvalue weighted by molar-refractivity contribution is 7.14. The molecule has 1 N–H and O–H groups in total. The van der Waals surface area contributed by atoms with E-state index in [1.54, 1.807) is 25.5 Å². The number of hydrogen-bond donors (Lipinski definition) is 1. The van der Waals surface area contributed by atoms with Gasteiger partial charge in [0.05, 0.1) is 18.6 Å². The molecular weight excluding hydrogens is 162 g/mol. The molecule has 3 nitrogen and oxygen atoms in total. The first-order valence-electron chi connectivity index (χ1n) is 3.14. The molecule has 0 saturated carbocycles. The first-order chi connectivity index (χ1) is 5.36. The van der Waals surface area contributed by atoms with Crippen LogP contribution in [0.5, 0.6) is 5.19 Å². The predicted octanol–water partition coefficient (Wildman–Crippen LogP) is 1.16. The third-order valence-electron chi connectivity index (χ3n) is 1.06. The molecule has 1 aromatic heterocycles. The lowest BCUT2D eigenvalue weighted by molar-refractivity contribution is 0.343. The van der Waals surface area contributed by atoms with Crippen LogP contribution >= 0.6 is 11.3 Å². The Balaban J connectivity index is 2.65. The molecule has 0 radical (unpaired) electrons. The average molecular weight is 171 g/mol. The zero-order valence-corrected chi connectivity index (χ0v) is 6.97. The van der Waals surface area contributed by atoms with Crippen LogP contribution in [0.15, 0.2) is 12.3 Å². The molecule has 0 aliphatic heterocycles. The highest BCUT2D eigenvalue weighted by Crippen LogP contribution is 2.20. The van der Waals surface area contributed by atoms with E-state index in [1.165, 1.54) is 11.3 Å². The molecule has 1 rings (SSSR count). The first kappa shape index (κ1) is 8.23. The van der Waals surface area contributed by atoms with Crippen LogP contribution in [0, 0.1) is 0 Å². The van der Waals surface area contributed by atoms with Crippen LogP contribution in [-0.4, -0.2) is 23.8 Å². The van der Waals surface area contributed by atoms with Gasteiger partial charge in [-0.25, -0.2) is 4.98 Å². The standard InChI is InChI=1S/C7H9NO2S/c1-10-7-8-5-6(11-7)3-2-4-9/h2-3,5,9H,4H2,1H3/b3-2+. The topological polar surface area (TPSA) is 42.4 Å². The van der Waals surface area contributed by atoms with Gasteiger partial charge in [-0.15, -0.1) is 0 Å². The van der Waals surface area contributed by atoms with Crippen LogP contribution in [0.2, 0.25) is 0 Å². The Morgan fingerprint density at radius 1 is 1.82 bits per heavy atom. The van der Waals surface area contributed by atoms with E-state index in [4.69, 9.17) is 9.84 Å². The van der Waals surface area contributed by atoms with Crippen molar-refractivity contribution in [3.8, 4) is 5.19 Å². The molecular formula is C7H9NO2S. The van der Waals surface area contributed by atoms with E-state index in [2.05, 4.69) is 4.98 Å². The summed E-state index contributed by atoms with van der Waals surface area (Å²) in [5.41, 5.74) is 0. The summed E-state index contributed by atoms with van der Waals surface area (Å²) in [6.07, 6.45) is 5.17. The quantitative estimate of drug-likeness (QED) is 0.742. The van der Waals surface area contributed by atoms with Crippen molar-refractivity contribution < 1.29 is 9.84 Å². The highest BCUT2D eigenvalue weighted by Gasteiger charge is 1.95. The maximum Gasteiger partial charge on any atom is 0.273 e. The average Bonchev–Trinajstić information content (AvgIpc) is 2.48. The second-order valence-electron chi connectivity index (χ2n) is 1.82. The number of aliphatic hydroxyl groups is 1. The van der Waals surface area contributed by atoms with Gasteiger partial charge >= 0.3 is 0 Å². The molecule has 11 heavy (non-hydrogen) atoms. The largest absolute Gasteiger partial charge is 0.473 e. The summed E-state index contributed by atoms with van der Waals surface area (Å²) in [5.74, 6) is 0. The molecule has 0 fully saturated rings. The normalized spacial score (nSPS) is 10.7. The Bertz CT molecular complexity index is 244. The Morgan fingerprint density at radius 2 is 2.64 bits per heavy atom. The molecule has 0 unspecified atom stereocenters. The summed E-state index contributed by atoms with van der Waals surface area (Å²) in [5, 5.41) is 9.10. The molecule has 60 valence electrons. The number of hydrogen-bond acceptors (Lipinski definition) is 4. The maximum atomic E-state index is 8.46. The fraction of sp³-hybridized carbons (Fsp3) is 0.286. The van der Waals surface area contributed by atoms with Crippen LogP contribution in [0.1, 0.15) is 4.88 Å². The van der Waals surface area contributed by atoms with Gasteiger partial charge in [0.2, 0.25) is 0 Å². The van der Waals surface area contributed by atoms with Gasteiger partial charge in [0.25, 0.3) is 5.19 Å². The lowest BCUT2D eigenvalue weighted by Crippen LogP contribution is -1.76. The number of aromatic nitrogens is 1. The van der Waals surface area contributed by atoms with Crippen molar-refractivity contribution in [2.75, 3.05) is 13.7 Å². The maximum absolute atomic E-state index is 8.46. The number of ether oxygens (including phenoxy) is 1. The number of thiazole rings is 1. The second-order valence-corrected chi connectivity index (χ2v) is 2.84. The molecule has 0 aliphatic carbocycles. The molecule has 0 spiro atoms. The summed E-state index contributed by atoms with van der Waals surface area (Å²) in [7, 11) is 1.58. The summed E-state index contributed by atoms with van der Waals surface area (Å²) in [6.45, 7) is 0.0558. The van der Waals surface area contributed by atoms with Crippen LogP contribution in [0.25, 0.3) is 6.08 Å². The summed E-state index contributed by atoms with van der Waals surface area (Å²) in [4.78, 5) is 4.93. The lowest BCUT2D eigenvalue weighted by Gasteiger charge is -1.85. The van der Waals surface area contributed by atoms with Gasteiger partial charge in [-0.1, -0.05) is 17.4 Å². The van der Waals surface area contributed by atoms with Crippen LogP contribution in [0.3, 0.4) is 0 Å². The smallest absolute Gasteiger partial charge is 0.273 e. The van der Waals surface area contributed by atoms with Crippen molar-refractivity contribution in [1.29, 1.82) is 0 Å². The van der Waals surface area contributed by atoms with E-state index < -0.39 is 0 Å². The molecule has 0 aliphatic rings. The number of methoxy groups -OCH3 is 1. The van der Waals surface area contributed by atoms with Crippen molar-refractivity contribution in [2.45, 2.75) is 0 Å². The lowest BCUT2D eigenvalue weighted by atomic mass is 10.5. The van der Waals surface area contributed by atoms with Gasteiger partial charge in [0, 0.05) is 6.20 Å². The fourth-order valence-electron chi connectivity index (χ4n) is 0.610. The van der Waals surface area contributed by atoms with Crippen LogP contribution in [0.4, 0.5) is 0 Å². The highest BCUT2D eigenvalue weighted by atomic mass is 32.1. The minimum absolute atomic E-state index is 0.0558. The SMILES string of the molecule is COc1ncc(/C=C/CO)s1. The minimum atomic E-state index is 0.0558. The molecule has 4 heteroatoms. The summed E-state index contributed by atoms with van der Waals surface area (Å²) < 4.78 is 4.89. The van der Waals surface area contributed by atoms with Crippen LogP contribution < -0.4 is 4.74 Å². The van der Waals surface area contributed by atoms with Gasteiger partial charge < -0.3 is 9.84 Å². The zero-order valence-electron chi connectivity index (χ0n) is 6.15. The molecule has 0 aromatic carbocycles. The molecule has 1 heterocycles. The van der Waals surface area contributed by atoms with E-state index in [-0.39, 0.29) is 6.61 Å². The van der Waals surface area contributed by atoms with E-state index in [9.17, 15) is 0 Å². The van der Waals surface area contributed by atoms with Gasteiger partial charge in [-0.2, -0.15) is 0 Å². The van der Waals surface area contributed by atoms with E-state index in [0.717, 1.165) is 4.88 Å². The monoisotopic (exact) mass is 171 g/mol. The van der Waals surface area contributed by atoms with Crippen molar-refractivity contribution in [2.24, 2.45) is 0 Å². The minimum Gasteiger partial charge on any atom is -0.473 e. The van der Waals surface area contributed by atoms with Gasteiger partial charge in [-0.3, -0.25) is 0 Å². The Kier molecular flexibility index (Phi) is 3.07. The number of aliphatic hydroxyl groups excluding tert-OH is 1.